The van der Waals surface area contributed by atoms with Gasteiger partial charge in [0.2, 0.25) is 10.0 Å². The van der Waals surface area contributed by atoms with Crippen molar-refractivity contribution < 1.29 is 26.3 Å². The van der Waals surface area contributed by atoms with Crippen LogP contribution in [-0.4, -0.2) is 68.7 Å². The van der Waals surface area contributed by atoms with Crippen molar-refractivity contribution in [3.8, 4) is 0 Å². The Kier molecular flexibility index (Phi) is 5.20. The van der Waals surface area contributed by atoms with Gasteiger partial charge in [-0.15, -0.1) is 0 Å². The summed E-state index contributed by atoms with van der Waals surface area (Å²) in [4.78, 5) is 2.24. The number of halogens is 3. The van der Waals surface area contributed by atoms with Gasteiger partial charge in [-0.1, -0.05) is 0 Å². The third-order valence-electron chi connectivity index (χ3n) is 6.20. The highest BCUT2D eigenvalue weighted by Crippen LogP contribution is 2.37. The van der Waals surface area contributed by atoms with Crippen LogP contribution in [0.5, 0.6) is 0 Å². The fraction of sp³-hybridized carbons (Fsp3) is 0.667. The largest absolute Gasteiger partial charge is 0.370 e. The predicted molar refractivity (Wildman–Crippen MR) is 96.4 cm³/mol. The van der Waals surface area contributed by atoms with Crippen LogP contribution in [0.15, 0.2) is 12.1 Å². The third kappa shape index (κ3) is 3.68. The maximum atomic E-state index is 14.1. The van der Waals surface area contributed by atoms with Crippen LogP contribution in [0.1, 0.15) is 18.1 Å². The van der Waals surface area contributed by atoms with E-state index in [9.17, 15) is 21.6 Å². The number of hydrogen-bond acceptors (Lipinski definition) is 5. The highest BCUT2D eigenvalue weighted by molar-refractivity contribution is 7.88. The van der Waals surface area contributed by atoms with E-state index in [1.165, 1.54) is 10.6 Å². The topological polar surface area (TPSA) is 75.9 Å². The molecule has 3 aliphatic heterocycles. The molecule has 10 heteroatoms. The SMILES string of the molecule is CS(=O)(=O)N1CC2CN([C@H]3CO[C@H](c4cc(F)cc(F)c4F)[C@@H](N)C3)CC2C1. The molecule has 3 heterocycles. The number of benzene rings is 1. The average molecular weight is 419 g/mol. The molecule has 0 saturated carbocycles. The first-order valence-corrected chi connectivity index (χ1v) is 11.2. The third-order valence-corrected chi connectivity index (χ3v) is 7.43. The summed E-state index contributed by atoms with van der Waals surface area (Å²) in [5.41, 5.74) is 5.99. The fourth-order valence-corrected chi connectivity index (χ4v) is 5.68. The lowest BCUT2D eigenvalue weighted by Crippen LogP contribution is -2.49. The Labute approximate surface area is 162 Å². The molecule has 3 fully saturated rings. The van der Waals surface area contributed by atoms with Gasteiger partial charge in [-0.25, -0.2) is 25.9 Å². The van der Waals surface area contributed by atoms with Crippen molar-refractivity contribution in [2.45, 2.75) is 24.6 Å². The zero-order valence-electron chi connectivity index (χ0n) is 15.5. The van der Waals surface area contributed by atoms with Crippen molar-refractivity contribution in [2.75, 3.05) is 39.0 Å². The van der Waals surface area contributed by atoms with E-state index in [2.05, 4.69) is 4.90 Å². The van der Waals surface area contributed by atoms with Gasteiger partial charge < -0.3 is 10.5 Å². The minimum absolute atomic E-state index is 0.0185. The molecule has 156 valence electrons. The number of hydrogen-bond donors (Lipinski definition) is 1. The Balaban J connectivity index is 1.40. The number of sulfonamides is 1. The second kappa shape index (κ2) is 7.24. The van der Waals surface area contributed by atoms with Crippen LogP contribution in [0.4, 0.5) is 13.2 Å². The van der Waals surface area contributed by atoms with E-state index in [0.717, 1.165) is 19.2 Å². The van der Waals surface area contributed by atoms with E-state index in [1.54, 1.807) is 0 Å². The van der Waals surface area contributed by atoms with Gasteiger partial charge in [0, 0.05) is 49.9 Å². The number of fused-ring (bicyclic) bond motifs is 1. The van der Waals surface area contributed by atoms with Crippen LogP contribution in [0.25, 0.3) is 0 Å². The van der Waals surface area contributed by atoms with Crippen LogP contribution in [-0.2, 0) is 14.8 Å². The van der Waals surface area contributed by atoms with Crippen molar-refractivity contribution in [3.63, 3.8) is 0 Å². The molecule has 2 unspecified atom stereocenters. The second-order valence-electron chi connectivity index (χ2n) is 8.15. The van der Waals surface area contributed by atoms with Gasteiger partial charge in [0.1, 0.15) is 11.9 Å². The molecule has 6 nitrogen and oxygen atoms in total. The molecule has 1 aromatic carbocycles. The maximum absolute atomic E-state index is 14.1. The zero-order valence-corrected chi connectivity index (χ0v) is 16.3. The van der Waals surface area contributed by atoms with Gasteiger partial charge >= 0.3 is 0 Å². The lowest BCUT2D eigenvalue weighted by molar-refractivity contribution is -0.0488. The van der Waals surface area contributed by atoms with Gasteiger partial charge in [0.25, 0.3) is 0 Å². The second-order valence-corrected chi connectivity index (χ2v) is 10.1. The van der Waals surface area contributed by atoms with E-state index in [1.807, 2.05) is 0 Å². The molecule has 5 atom stereocenters. The van der Waals surface area contributed by atoms with Crippen LogP contribution in [0.3, 0.4) is 0 Å². The van der Waals surface area contributed by atoms with Gasteiger partial charge in [0.05, 0.1) is 12.9 Å². The maximum Gasteiger partial charge on any atom is 0.211 e. The quantitative estimate of drug-likeness (QED) is 0.743. The minimum Gasteiger partial charge on any atom is -0.370 e. The summed E-state index contributed by atoms with van der Waals surface area (Å²) in [5.74, 6) is -2.70. The van der Waals surface area contributed by atoms with Crippen LogP contribution < -0.4 is 5.73 Å². The Bertz CT molecular complexity index is 855. The van der Waals surface area contributed by atoms with Crippen LogP contribution >= 0.6 is 0 Å². The fourth-order valence-electron chi connectivity index (χ4n) is 4.76. The van der Waals surface area contributed by atoms with E-state index < -0.39 is 39.6 Å². The number of likely N-dealkylation sites (tertiary alicyclic amines) is 1. The molecule has 0 bridgehead atoms. The van der Waals surface area contributed by atoms with Gasteiger partial charge in [-0.05, 0) is 24.3 Å². The standard InChI is InChI=1S/C18H24F3N3O3S/c1-28(25,26)24-7-10-5-23(6-11(10)8-24)13-4-16(22)18(27-9-13)14-2-12(19)3-15(20)17(14)21/h2-3,10-11,13,16,18H,4-9,22H2,1H3/t10?,11?,13-,16+,18-/m1/s1. The Morgan fingerprint density at radius 2 is 1.75 bits per heavy atom. The minimum atomic E-state index is -3.17. The number of ether oxygens (including phenoxy) is 1. The van der Waals surface area contributed by atoms with Crippen molar-refractivity contribution >= 4 is 10.0 Å². The lowest BCUT2D eigenvalue weighted by Gasteiger charge is -2.39. The monoisotopic (exact) mass is 419 g/mol. The number of nitrogens with zero attached hydrogens (tertiary/aromatic N) is 2. The molecule has 1 aromatic rings. The summed E-state index contributed by atoms with van der Waals surface area (Å²) < 4.78 is 71.8. The number of rotatable bonds is 3. The molecule has 0 amide bonds. The van der Waals surface area contributed by atoms with E-state index >= 15 is 0 Å². The summed E-state index contributed by atoms with van der Waals surface area (Å²) in [6.07, 6.45) is 0.843. The normalized spacial score (nSPS) is 34.7. The summed E-state index contributed by atoms with van der Waals surface area (Å²) in [6.45, 7) is 2.84. The predicted octanol–water partition coefficient (Wildman–Crippen LogP) is 1.08. The molecule has 0 aliphatic carbocycles. The molecule has 4 rings (SSSR count). The van der Waals surface area contributed by atoms with Crippen molar-refractivity contribution in [1.29, 1.82) is 0 Å². The smallest absolute Gasteiger partial charge is 0.211 e. The Morgan fingerprint density at radius 1 is 1.11 bits per heavy atom. The van der Waals surface area contributed by atoms with E-state index in [-0.39, 0.29) is 30.0 Å². The number of nitrogens with two attached hydrogens (primary N) is 1. The highest BCUT2D eigenvalue weighted by atomic mass is 32.2. The van der Waals surface area contributed by atoms with Crippen LogP contribution in [0.2, 0.25) is 0 Å². The molecule has 3 aliphatic rings. The molecule has 28 heavy (non-hydrogen) atoms. The summed E-state index contributed by atoms with van der Waals surface area (Å²) in [7, 11) is -3.17. The average Bonchev–Trinajstić information content (AvgIpc) is 3.17. The van der Waals surface area contributed by atoms with Gasteiger partial charge in [-0.3, -0.25) is 4.90 Å². The first-order valence-electron chi connectivity index (χ1n) is 9.34. The molecular formula is C18H24F3N3O3S. The summed E-state index contributed by atoms with van der Waals surface area (Å²) in [6, 6.07) is 0.856. The molecule has 3 saturated heterocycles. The summed E-state index contributed by atoms with van der Waals surface area (Å²) in [5, 5.41) is 0. The summed E-state index contributed by atoms with van der Waals surface area (Å²) >= 11 is 0. The molecule has 0 spiro atoms. The first-order chi connectivity index (χ1) is 13.1. The first kappa shape index (κ1) is 20.1. The zero-order chi connectivity index (χ0) is 20.2. The molecule has 2 N–H and O–H groups in total. The van der Waals surface area contributed by atoms with E-state index in [0.29, 0.717) is 25.6 Å². The van der Waals surface area contributed by atoms with Crippen molar-refractivity contribution in [2.24, 2.45) is 17.6 Å². The highest BCUT2D eigenvalue weighted by Gasteiger charge is 2.46. The molecule has 0 aromatic heterocycles. The van der Waals surface area contributed by atoms with Gasteiger partial charge in [0.15, 0.2) is 11.6 Å². The Hall–Kier alpha value is -1.20. The van der Waals surface area contributed by atoms with Crippen LogP contribution in [0, 0.1) is 29.3 Å². The Morgan fingerprint density at radius 3 is 2.32 bits per heavy atom. The van der Waals surface area contributed by atoms with Crippen molar-refractivity contribution in [1.82, 2.24) is 9.21 Å². The lowest BCUT2D eigenvalue weighted by atomic mass is 9.93. The van der Waals surface area contributed by atoms with Gasteiger partial charge in [-0.2, -0.15) is 0 Å². The van der Waals surface area contributed by atoms with Crippen molar-refractivity contribution in [3.05, 3.63) is 35.1 Å². The molecular weight excluding hydrogens is 395 g/mol. The van der Waals surface area contributed by atoms with E-state index in [4.69, 9.17) is 10.5 Å². The molecule has 0 radical (unpaired) electrons.